The van der Waals surface area contributed by atoms with E-state index in [9.17, 15) is 12.8 Å². The Labute approximate surface area is 127 Å². The maximum Gasteiger partial charge on any atom is 0.265 e. The SMILES string of the molecule is CN(c1cccc(C(N)=S)c1)S(=O)(=O)c1cncc(F)c1. The van der Waals surface area contributed by atoms with Gasteiger partial charge in [-0.05, 0) is 18.2 Å². The molecule has 0 aliphatic carbocycles. The van der Waals surface area contributed by atoms with E-state index in [2.05, 4.69) is 4.98 Å². The first-order valence-electron chi connectivity index (χ1n) is 5.82. The molecule has 0 bridgehead atoms. The molecule has 1 heterocycles. The average molecular weight is 325 g/mol. The second kappa shape index (κ2) is 5.74. The van der Waals surface area contributed by atoms with Crippen molar-refractivity contribution in [3.8, 4) is 0 Å². The van der Waals surface area contributed by atoms with E-state index in [-0.39, 0.29) is 9.88 Å². The molecule has 0 saturated heterocycles. The highest BCUT2D eigenvalue weighted by molar-refractivity contribution is 7.92. The third-order valence-electron chi connectivity index (χ3n) is 2.83. The molecular formula is C13H12FN3O2S2. The van der Waals surface area contributed by atoms with Gasteiger partial charge < -0.3 is 5.73 Å². The molecule has 2 aromatic rings. The van der Waals surface area contributed by atoms with Crippen LogP contribution in [0.5, 0.6) is 0 Å². The number of halogens is 1. The second-order valence-corrected chi connectivity index (χ2v) is 6.64. The lowest BCUT2D eigenvalue weighted by molar-refractivity contribution is 0.587. The van der Waals surface area contributed by atoms with Crippen LogP contribution >= 0.6 is 12.2 Å². The Morgan fingerprint density at radius 2 is 2.05 bits per heavy atom. The summed E-state index contributed by atoms with van der Waals surface area (Å²) in [7, 11) is -2.55. The molecule has 0 radical (unpaired) electrons. The number of thiocarbonyl (C=S) groups is 1. The van der Waals surface area contributed by atoms with Crippen molar-refractivity contribution in [2.75, 3.05) is 11.4 Å². The quantitative estimate of drug-likeness (QED) is 0.866. The van der Waals surface area contributed by atoms with Crippen LogP contribution in [0.3, 0.4) is 0 Å². The summed E-state index contributed by atoms with van der Waals surface area (Å²) in [6.45, 7) is 0. The van der Waals surface area contributed by atoms with Gasteiger partial charge in [0, 0.05) is 18.8 Å². The predicted molar refractivity (Wildman–Crippen MR) is 82.1 cm³/mol. The molecule has 2 N–H and O–H groups in total. The summed E-state index contributed by atoms with van der Waals surface area (Å²) in [5.41, 5.74) is 6.44. The van der Waals surface area contributed by atoms with Crippen LogP contribution < -0.4 is 10.0 Å². The molecule has 0 unspecified atom stereocenters. The molecule has 0 spiro atoms. The summed E-state index contributed by atoms with van der Waals surface area (Å²) >= 11 is 4.86. The maximum atomic E-state index is 13.2. The zero-order valence-corrected chi connectivity index (χ0v) is 12.7. The van der Waals surface area contributed by atoms with Crippen molar-refractivity contribution in [1.29, 1.82) is 0 Å². The molecule has 21 heavy (non-hydrogen) atoms. The molecule has 0 atom stereocenters. The second-order valence-electron chi connectivity index (χ2n) is 4.23. The van der Waals surface area contributed by atoms with Crippen molar-refractivity contribution in [2.45, 2.75) is 4.90 Å². The smallest absolute Gasteiger partial charge is 0.265 e. The number of anilines is 1. The Balaban J connectivity index is 2.45. The van der Waals surface area contributed by atoms with Gasteiger partial charge in [-0.25, -0.2) is 12.8 Å². The van der Waals surface area contributed by atoms with Gasteiger partial charge in [-0.2, -0.15) is 0 Å². The lowest BCUT2D eigenvalue weighted by atomic mass is 10.2. The maximum absolute atomic E-state index is 13.2. The van der Waals surface area contributed by atoms with Gasteiger partial charge in [-0.3, -0.25) is 9.29 Å². The van der Waals surface area contributed by atoms with Crippen molar-refractivity contribution in [3.05, 3.63) is 54.1 Å². The first kappa shape index (κ1) is 15.3. The Hall–Kier alpha value is -2.06. The Kier molecular flexibility index (Phi) is 4.19. The predicted octanol–water partition coefficient (Wildman–Crippen LogP) is 1.68. The van der Waals surface area contributed by atoms with E-state index in [0.717, 1.165) is 22.8 Å². The minimum atomic E-state index is -3.91. The highest BCUT2D eigenvalue weighted by Gasteiger charge is 2.22. The standard InChI is InChI=1S/C13H12FN3O2S2/c1-17(11-4-2-3-9(5-11)13(15)20)21(18,19)12-6-10(14)7-16-8-12/h2-8H,1H3,(H2,15,20). The lowest BCUT2D eigenvalue weighted by Crippen LogP contribution is -2.27. The summed E-state index contributed by atoms with van der Waals surface area (Å²) in [5, 5.41) is 0. The third-order valence-corrected chi connectivity index (χ3v) is 4.82. The summed E-state index contributed by atoms with van der Waals surface area (Å²) in [6, 6.07) is 7.37. The van der Waals surface area contributed by atoms with Crippen LogP contribution in [0.2, 0.25) is 0 Å². The van der Waals surface area contributed by atoms with Gasteiger partial charge in [0.1, 0.15) is 15.7 Å². The van der Waals surface area contributed by atoms with Gasteiger partial charge in [0.15, 0.2) is 0 Å². The minimum absolute atomic E-state index is 0.162. The van der Waals surface area contributed by atoms with Crippen LogP contribution in [0.15, 0.2) is 47.6 Å². The molecule has 0 fully saturated rings. The molecular weight excluding hydrogens is 313 g/mol. The zero-order chi connectivity index (χ0) is 15.6. The van der Waals surface area contributed by atoms with E-state index < -0.39 is 15.8 Å². The van der Waals surface area contributed by atoms with Crippen molar-refractivity contribution >= 4 is 32.9 Å². The minimum Gasteiger partial charge on any atom is -0.389 e. The first-order chi connectivity index (χ1) is 9.82. The largest absolute Gasteiger partial charge is 0.389 e. The van der Waals surface area contributed by atoms with Crippen molar-refractivity contribution in [2.24, 2.45) is 5.73 Å². The number of benzene rings is 1. The molecule has 0 amide bonds. The summed E-state index contributed by atoms with van der Waals surface area (Å²) in [6.07, 6.45) is 2.03. The van der Waals surface area contributed by atoms with Gasteiger partial charge in [-0.1, -0.05) is 24.4 Å². The fourth-order valence-electron chi connectivity index (χ4n) is 1.69. The fraction of sp³-hybridized carbons (Fsp3) is 0.0769. The Morgan fingerprint density at radius 1 is 1.33 bits per heavy atom. The average Bonchev–Trinajstić information content (AvgIpc) is 2.46. The number of pyridine rings is 1. The van der Waals surface area contributed by atoms with Crippen LogP contribution in [0.25, 0.3) is 0 Å². The van der Waals surface area contributed by atoms with Gasteiger partial charge in [0.05, 0.1) is 11.9 Å². The van der Waals surface area contributed by atoms with Crippen molar-refractivity contribution < 1.29 is 12.8 Å². The van der Waals surface area contributed by atoms with Crippen LogP contribution in [0.4, 0.5) is 10.1 Å². The van der Waals surface area contributed by atoms with E-state index in [1.54, 1.807) is 24.3 Å². The lowest BCUT2D eigenvalue weighted by Gasteiger charge is -2.19. The van der Waals surface area contributed by atoms with Crippen LogP contribution in [0, 0.1) is 5.82 Å². The van der Waals surface area contributed by atoms with Gasteiger partial charge in [-0.15, -0.1) is 0 Å². The highest BCUT2D eigenvalue weighted by Crippen LogP contribution is 2.22. The topological polar surface area (TPSA) is 76.3 Å². The summed E-state index contributed by atoms with van der Waals surface area (Å²) in [4.78, 5) is 3.48. The molecule has 5 nitrogen and oxygen atoms in total. The summed E-state index contributed by atoms with van der Waals surface area (Å²) < 4.78 is 39.0. The molecule has 0 aliphatic heterocycles. The van der Waals surface area contributed by atoms with Gasteiger partial charge >= 0.3 is 0 Å². The van der Waals surface area contributed by atoms with Crippen LogP contribution in [-0.2, 0) is 10.0 Å². The van der Waals surface area contributed by atoms with Gasteiger partial charge in [0.25, 0.3) is 10.0 Å². The number of sulfonamides is 1. The van der Waals surface area contributed by atoms with E-state index in [1.807, 2.05) is 0 Å². The van der Waals surface area contributed by atoms with E-state index in [1.165, 1.54) is 7.05 Å². The Morgan fingerprint density at radius 3 is 2.67 bits per heavy atom. The molecule has 0 aliphatic rings. The van der Waals surface area contributed by atoms with E-state index in [0.29, 0.717) is 11.3 Å². The first-order valence-corrected chi connectivity index (χ1v) is 7.66. The molecule has 2 rings (SSSR count). The molecule has 1 aromatic heterocycles. The normalized spacial score (nSPS) is 11.1. The molecule has 0 saturated carbocycles. The Bertz CT molecular complexity index is 794. The third kappa shape index (κ3) is 3.17. The monoisotopic (exact) mass is 325 g/mol. The molecule has 8 heteroatoms. The number of nitrogens with two attached hydrogens (primary N) is 1. The summed E-state index contributed by atoms with van der Waals surface area (Å²) in [5.74, 6) is -0.721. The van der Waals surface area contributed by atoms with Crippen LogP contribution in [0.1, 0.15) is 5.56 Å². The number of hydrogen-bond donors (Lipinski definition) is 1. The van der Waals surface area contributed by atoms with E-state index in [4.69, 9.17) is 18.0 Å². The number of aromatic nitrogens is 1. The number of nitrogens with zero attached hydrogens (tertiary/aromatic N) is 2. The highest BCUT2D eigenvalue weighted by atomic mass is 32.2. The number of hydrogen-bond acceptors (Lipinski definition) is 4. The van der Waals surface area contributed by atoms with E-state index >= 15 is 0 Å². The zero-order valence-electron chi connectivity index (χ0n) is 11.0. The van der Waals surface area contributed by atoms with Crippen molar-refractivity contribution in [3.63, 3.8) is 0 Å². The molecule has 110 valence electrons. The molecule has 1 aromatic carbocycles. The van der Waals surface area contributed by atoms with Crippen LogP contribution in [-0.4, -0.2) is 25.4 Å². The number of rotatable bonds is 4. The van der Waals surface area contributed by atoms with Crippen molar-refractivity contribution in [1.82, 2.24) is 4.98 Å². The fourth-order valence-corrected chi connectivity index (χ4v) is 2.98. The van der Waals surface area contributed by atoms with Gasteiger partial charge in [0.2, 0.25) is 0 Å².